The number of H-pyrrole nitrogens is 4. The van der Waals surface area contributed by atoms with E-state index in [1.165, 1.54) is 27.9 Å². The van der Waals surface area contributed by atoms with Crippen molar-refractivity contribution in [2.75, 3.05) is 113 Å². The molecule has 2 aromatic heterocycles. The lowest BCUT2D eigenvalue weighted by atomic mass is 9.78. The number of hydrogen-bond donors (Lipinski definition) is 23. The second kappa shape index (κ2) is 57.7. The Labute approximate surface area is 817 Å². The molecule has 30 atom stereocenters. The van der Waals surface area contributed by atoms with Crippen molar-refractivity contribution in [3.63, 3.8) is 0 Å². The maximum Gasteiger partial charge on any atom is 0.326 e. The van der Waals surface area contributed by atoms with E-state index in [1.54, 1.807) is 0 Å². The Morgan fingerprint density at radius 2 is 0.845 bits per heavy atom. The molecule has 0 bridgehead atoms. The summed E-state index contributed by atoms with van der Waals surface area (Å²) in [6.07, 6.45) is -29.5. The molecular formula is C91H145N13O38. The first-order valence-electron chi connectivity index (χ1n) is 49.0. The van der Waals surface area contributed by atoms with Gasteiger partial charge in [-0.2, -0.15) is 0 Å². The standard InChI is InChI=1S/C91H145N13O38/c1-44-72(115)78(121)74(117)63(135-44)41-133-80-51(97-84(123)53-35-66(111)103-90(127)99-53)31-48(55(108)17-11-21-92)33-57(80)139-88-70(82(76(119)61(38-105)141-88)137-59(86(125)94-3)29-46-13-7-5-8-14-46)101-65(110)20-19-50(107)40-131-27-25-129-23-24-130-26-28-132-43-69(114)96-37-68(113)102-71-83(138-60(87(126)95-4)30-47-15-9-6-10-16-47)77(120)62(39-106)142-89(71)140-58-34-49(56(109)18-12-22-93)32-52(98-85(124)54-36-67(112)104-91(128)100-54)81(58)134-42-64-75(118)79(122)73(116)45(2)136-64/h35-36,44-49,51-52,57-64,70-83,88-89,105-106,115-122H,5-34,37-43,92-93H2,1-4H3,(H,94,125)(H,95,126)(H,96,114)(H,97,123)(H,98,124)(H,101,110)(H,102,113)(H2,99,103,111,127)(H2,100,104,112,128)/t44?,45?,48?,49?,51?,52?,57-,58-,59+,60+,61+,62+,63+,64+,70?,71?,72-,73-,74?,75?,76+,77+,78+,79+,80-,81-,82?,83?,88-,89-/m1/s1. The lowest BCUT2D eigenvalue weighted by Crippen LogP contribution is -2.68. The second-order valence-electron chi connectivity index (χ2n) is 37.5. The number of nitrogens with one attached hydrogen (secondary N) is 11. The lowest BCUT2D eigenvalue weighted by molar-refractivity contribution is -0.305. The van der Waals surface area contributed by atoms with Crippen molar-refractivity contribution in [1.29, 1.82) is 0 Å². The zero-order valence-corrected chi connectivity index (χ0v) is 80.4. The van der Waals surface area contributed by atoms with Gasteiger partial charge in [0.1, 0.15) is 158 Å². The zero-order chi connectivity index (χ0) is 103. The molecule has 4 saturated carbocycles. The summed E-state index contributed by atoms with van der Waals surface area (Å²) in [6.45, 7) is -2.05. The van der Waals surface area contributed by atoms with Crippen molar-refractivity contribution >= 4 is 58.7 Å². The van der Waals surface area contributed by atoms with Crippen LogP contribution in [0.25, 0.3) is 0 Å². The van der Waals surface area contributed by atoms with Gasteiger partial charge in [-0.3, -0.25) is 67.5 Å². The van der Waals surface area contributed by atoms with Gasteiger partial charge in [0, 0.05) is 63.7 Å². The molecule has 7 amide bonds. The van der Waals surface area contributed by atoms with Gasteiger partial charge in [-0.05, 0) is 90.1 Å². The topological polar surface area (TPSA) is 770 Å². The monoisotopic (exact) mass is 2030 g/mol. The van der Waals surface area contributed by atoms with Crippen LogP contribution in [0.2, 0.25) is 0 Å². The maximum absolute atomic E-state index is 14.4. The molecule has 2 aromatic rings. The summed E-state index contributed by atoms with van der Waals surface area (Å²) in [6, 6.07) is -4.29. The average molecular weight is 2030 g/mol. The van der Waals surface area contributed by atoms with Gasteiger partial charge in [0.15, 0.2) is 18.4 Å². The molecule has 12 unspecified atom stereocenters. The van der Waals surface area contributed by atoms with Crippen molar-refractivity contribution in [2.45, 2.75) is 326 Å². The predicted molar refractivity (Wildman–Crippen MR) is 490 cm³/mol. The molecule has 142 heavy (non-hydrogen) atoms. The Morgan fingerprint density at radius 1 is 0.444 bits per heavy atom. The van der Waals surface area contributed by atoms with Gasteiger partial charge in [0.25, 0.3) is 22.9 Å². The minimum Gasteiger partial charge on any atom is -0.394 e. The number of hydrogen-bond acceptors (Lipinski definition) is 40. The average Bonchev–Trinajstić information content (AvgIpc) is 0.773. The van der Waals surface area contributed by atoms with E-state index in [-0.39, 0.29) is 140 Å². The number of aliphatic hydroxyl groups is 10. The van der Waals surface area contributed by atoms with Crippen LogP contribution < -0.4 is 71.2 Å². The van der Waals surface area contributed by atoms with Crippen LogP contribution in [-0.2, 0) is 105 Å². The first-order chi connectivity index (χ1) is 68.0. The number of ether oxygens (including phenoxy) is 14. The maximum atomic E-state index is 14.4. The largest absolute Gasteiger partial charge is 0.394 e. The van der Waals surface area contributed by atoms with Crippen LogP contribution in [0.3, 0.4) is 0 Å². The van der Waals surface area contributed by atoms with Crippen LogP contribution in [0.15, 0.2) is 31.3 Å². The van der Waals surface area contributed by atoms with Crippen molar-refractivity contribution in [3.05, 3.63) is 65.2 Å². The minimum atomic E-state index is -1.84. The number of rotatable bonds is 54. The molecule has 0 aromatic carbocycles. The van der Waals surface area contributed by atoms with E-state index in [4.69, 9.17) is 77.8 Å². The number of Topliss-reactive ketones (excluding diaryl/α,β-unsaturated/α-hetero) is 3. The number of aliphatic hydroxyl groups excluding tert-OH is 10. The third-order valence-electron chi connectivity index (χ3n) is 27.2. The lowest BCUT2D eigenvalue weighted by Gasteiger charge is -2.48. The molecule has 4 saturated heterocycles. The number of carbonyl (C=O) groups excluding carboxylic acids is 10. The highest BCUT2D eigenvalue weighted by molar-refractivity contribution is 5.93. The van der Waals surface area contributed by atoms with E-state index >= 15 is 0 Å². The molecule has 8 aliphatic rings. The van der Waals surface area contributed by atoms with Crippen LogP contribution in [0, 0.1) is 23.7 Å². The molecule has 0 spiro atoms. The smallest absolute Gasteiger partial charge is 0.326 e. The second-order valence-corrected chi connectivity index (χ2v) is 37.5. The fourth-order valence-corrected chi connectivity index (χ4v) is 19.4. The van der Waals surface area contributed by atoms with Gasteiger partial charge >= 0.3 is 11.4 Å². The number of likely N-dealkylation sites (N-methyl/N-ethyl adjacent to an activating group) is 2. The summed E-state index contributed by atoms with van der Waals surface area (Å²) in [4.78, 5) is 198. The zero-order valence-electron chi connectivity index (χ0n) is 80.4. The number of ketones is 3. The molecule has 6 heterocycles. The van der Waals surface area contributed by atoms with Crippen LogP contribution in [0.4, 0.5) is 0 Å². The van der Waals surface area contributed by atoms with Crippen molar-refractivity contribution in [3.8, 4) is 0 Å². The number of amides is 7. The fourth-order valence-electron chi connectivity index (χ4n) is 19.4. The summed E-state index contributed by atoms with van der Waals surface area (Å²) in [5, 5.41) is 130. The van der Waals surface area contributed by atoms with Gasteiger partial charge in [-0.25, -0.2) is 9.59 Å². The summed E-state index contributed by atoms with van der Waals surface area (Å²) in [7, 11) is 2.77. The Balaban J connectivity index is 0.745. The SMILES string of the molecule is CNC(=O)[C@H](CC1CCCCC1)OC1C(NC(=O)CCC(=O)COCCOCCOCCOCC(=O)NCC(=O)NC2C(O[C@@H](CC3CCCCC3)C(=O)NC)[C@@H](O)[C@H](CO)O[C@H]2O[C@@H]2CC(C(=O)CCCN)CC(NC(=O)c3cc(=O)[nH]c(=O)[nH]3)[C@H]2OC[C@@H]2OC(C)[C@@H](O)[C@H](O)C2O)[C@H](O[C@@H]2CC(C(=O)CCCN)CC(NC(=O)c3cc(=O)[nH]c(=O)[nH]3)[C@H]2OC[C@@H]2OC(C)[C@@H](O)[C@H](O)C2O)O[C@@H](CO)[C@@H]1O. The molecule has 51 nitrogen and oxygen atoms in total. The van der Waals surface area contributed by atoms with Crippen molar-refractivity contribution in [1.82, 2.24) is 57.2 Å². The summed E-state index contributed by atoms with van der Waals surface area (Å²) >= 11 is 0. The highest BCUT2D eigenvalue weighted by atomic mass is 16.7. The quantitative estimate of drug-likeness (QED) is 0.0274. The summed E-state index contributed by atoms with van der Waals surface area (Å²) in [5.74, 6) is -9.06. The molecule has 4 aliphatic carbocycles. The molecule has 802 valence electrons. The van der Waals surface area contributed by atoms with Gasteiger partial charge in [-0.1, -0.05) is 64.2 Å². The van der Waals surface area contributed by atoms with Crippen LogP contribution in [-0.4, -0.2) is 414 Å². The van der Waals surface area contributed by atoms with E-state index in [9.17, 15) is 118 Å². The summed E-state index contributed by atoms with van der Waals surface area (Å²) < 4.78 is 86.5. The first kappa shape index (κ1) is 116. The Morgan fingerprint density at radius 3 is 1.24 bits per heavy atom. The van der Waals surface area contributed by atoms with Gasteiger partial charge in [-0.15, -0.1) is 0 Å². The molecule has 51 heteroatoms. The number of aromatic nitrogens is 4. The molecular weight excluding hydrogens is 1880 g/mol. The van der Waals surface area contributed by atoms with Crippen molar-refractivity contribution < 1.29 is 165 Å². The van der Waals surface area contributed by atoms with E-state index in [1.807, 2.05) is 9.97 Å². The third kappa shape index (κ3) is 33.6. The Hall–Kier alpha value is -8.38. The number of aromatic amines is 4. The van der Waals surface area contributed by atoms with E-state index < -0.39 is 323 Å². The predicted octanol–water partition coefficient (Wildman–Crippen LogP) is -8.35. The van der Waals surface area contributed by atoms with E-state index in [0.29, 0.717) is 0 Å². The van der Waals surface area contributed by atoms with Gasteiger partial charge < -0.3 is 176 Å². The Bertz CT molecular complexity index is 4260. The third-order valence-corrected chi connectivity index (χ3v) is 27.2. The molecule has 4 aliphatic heterocycles. The molecule has 0 radical (unpaired) electrons. The fraction of sp³-hybridized carbons (Fsp3) is 0.802. The van der Waals surface area contributed by atoms with Gasteiger partial charge in [0.05, 0.1) is 109 Å². The molecule has 25 N–H and O–H groups in total. The molecule has 8 fully saturated rings. The minimum absolute atomic E-state index is 0.00552. The summed E-state index contributed by atoms with van der Waals surface area (Å²) in [5.41, 5.74) is 6.74. The van der Waals surface area contributed by atoms with Crippen LogP contribution in [0.5, 0.6) is 0 Å². The van der Waals surface area contributed by atoms with Crippen molar-refractivity contribution in [2.24, 2.45) is 35.1 Å². The van der Waals surface area contributed by atoms with E-state index in [0.717, 1.165) is 76.3 Å². The normalized spacial score (nSPS) is 31.9. The number of carbonyl (C=O) groups is 10. The first-order valence-corrected chi connectivity index (χ1v) is 49.0. The van der Waals surface area contributed by atoms with E-state index in [2.05, 4.69) is 47.2 Å². The van der Waals surface area contributed by atoms with Crippen LogP contribution in [0.1, 0.15) is 176 Å². The van der Waals surface area contributed by atoms with Crippen LogP contribution >= 0.6 is 0 Å². The molecule has 10 rings (SSSR count). The highest BCUT2D eigenvalue weighted by Crippen LogP contribution is 2.41. The number of nitrogens with two attached hydrogens (primary N) is 2. The highest BCUT2D eigenvalue weighted by Gasteiger charge is 2.56. The Kier molecular flexibility index (Phi) is 46.9. The van der Waals surface area contributed by atoms with Gasteiger partial charge in [0.2, 0.25) is 29.5 Å².